The number of hydrogen-bond acceptors (Lipinski definition) is 4. The molecule has 1 fully saturated rings. The van der Waals surface area contributed by atoms with E-state index in [2.05, 4.69) is 70.9 Å². The van der Waals surface area contributed by atoms with E-state index in [1.165, 1.54) is 11.5 Å². The molecule has 1 aromatic carbocycles. The van der Waals surface area contributed by atoms with Crippen LogP contribution in [0.3, 0.4) is 0 Å². The largest absolute Gasteiger partial charge is 0.344 e. The smallest absolute Gasteiger partial charge is 0.196 e. The van der Waals surface area contributed by atoms with E-state index in [1.807, 2.05) is 0 Å². The Labute approximate surface area is 128 Å². The number of guanidine groups is 1. The van der Waals surface area contributed by atoms with Crippen molar-refractivity contribution < 1.29 is 0 Å². The lowest BCUT2D eigenvalue weighted by molar-refractivity contribution is 0.0387. The van der Waals surface area contributed by atoms with Gasteiger partial charge in [0.2, 0.25) is 0 Å². The Morgan fingerprint density at radius 2 is 1.86 bits per heavy atom. The molecule has 114 valence electrons. The summed E-state index contributed by atoms with van der Waals surface area (Å²) in [5.74, 6) is 1.18. The average molecular weight is 286 g/mol. The van der Waals surface area contributed by atoms with E-state index >= 15 is 0 Å². The van der Waals surface area contributed by atoms with Crippen molar-refractivity contribution in [3.8, 4) is 0 Å². The van der Waals surface area contributed by atoms with Crippen LogP contribution in [0, 0.1) is 0 Å². The second kappa shape index (κ2) is 5.68. The number of benzene rings is 1. The molecule has 2 heterocycles. The highest BCUT2D eigenvalue weighted by atomic mass is 15.4. The first-order valence-electron chi connectivity index (χ1n) is 7.86. The number of piperazine rings is 1. The molecule has 4 heteroatoms. The third-order valence-corrected chi connectivity index (χ3v) is 4.60. The van der Waals surface area contributed by atoms with Crippen LogP contribution in [0.5, 0.6) is 0 Å². The Hall–Kier alpha value is -1.55. The lowest BCUT2D eigenvalue weighted by Crippen LogP contribution is -2.61. The zero-order valence-electron chi connectivity index (χ0n) is 13.4. The first-order valence-corrected chi connectivity index (χ1v) is 7.86. The predicted molar refractivity (Wildman–Crippen MR) is 87.4 cm³/mol. The maximum absolute atomic E-state index is 4.66. The maximum Gasteiger partial charge on any atom is 0.196 e. The van der Waals surface area contributed by atoms with Crippen LogP contribution in [0.15, 0.2) is 35.3 Å². The van der Waals surface area contributed by atoms with Gasteiger partial charge in [0.05, 0.1) is 6.54 Å². The van der Waals surface area contributed by atoms with E-state index in [0.717, 1.165) is 39.3 Å². The monoisotopic (exact) mass is 286 g/mol. The molecule has 0 amide bonds. The summed E-state index contributed by atoms with van der Waals surface area (Å²) in [5.41, 5.74) is 1.56. The van der Waals surface area contributed by atoms with Gasteiger partial charge in [-0.05, 0) is 19.4 Å². The van der Waals surface area contributed by atoms with E-state index < -0.39 is 0 Å². The number of likely N-dealkylation sites (N-methyl/N-ethyl adjacent to an activating group) is 1. The third kappa shape index (κ3) is 3.05. The topological polar surface area (TPSA) is 22.1 Å². The molecule has 0 aliphatic carbocycles. The number of rotatable bonds is 2. The van der Waals surface area contributed by atoms with E-state index in [4.69, 9.17) is 0 Å². The van der Waals surface area contributed by atoms with Crippen molar-refractivity contribution in [1.29, 1.82) is 0 Å². The second-order valence-electron chi connectivity index (χ2n) is 6.74. The van der Waals surface area contributed by atoms with Gasteiger partial charge in [-0.2, -0.15) is 0 Å². The molecule has 1 saturated heterocycles. The van der Waals surface area contributed by atoms with Crippen molar-refractivity contribution in [3.63, 3.8) is 0 Å². The minimum Gasteiger partial charge on any atom is -0.344 e. The lowest BCUT2D eigenvalue weighted by Gasteiger charge is -2.48. The standard InChI is InChI=1S/C17H26N4/c1-17(2)14-20(16-18-9-10-19(16)3)11-12-21(17)13-15-7-5-4-6-8-15/h4-8H,9-14H2,1-3H3. The van der Waals surface area contributed by atoms with Crippen LogP contribution in [0.2, 0.25) is 0 Å². The Morgan fingerprint density at radius 1 is 1.10 bits per heavy atom. The van der Waals surface area contributed by atoms with Gasteiger partial charge in [-0.1, -0.05) is 30.3 Å². The molecule has 21 heavy (non-hydrogen) atoms. The van der Waals surface area contributed by atoms with Crippen LogP contribution in [-0.2, 0) is 6.54 Å². The predicted octanol–water partition coefficient (Wildman–Crippen LogP) is 1.88. The zero-order valence-corrected chi connectivity index (χ0v) is 13.4. The third-order valence-electron chi connectivity index (χ3n) is 4.60. The van der Waals surface area contributed by atoms with Gasteiger partial charge in [-0.15, -0.1) is 0 Å². The quantitative estimate of drug-likeness (QED) is 0.829. The van der Waals surface area contributed by atoms with Crippen molar-refractivity contribution in [1.82, 2.24) is 14.7 Å². The van der Waals surface area contributed by atoms with E-state index in [1.54, 1.807) is 0 Å². The number of aliphatic imine (C=N–C) groups is 1. The van der Waals surface area contributed by atoms with Gasteiger partial charge >= 0.3 is 0 Å². The molecule has 0 unspecified atom stereocenters. The van der Waals surface area contributed by atoms with Crippen LogP contribution in [0.4, 0.5) is 0 Å². The minimum absolute atomic E-state index is 0.167. The fourth-order valence-corrected chi connectivity index (χ4v) is 3.32. The van der Waals surface area contributed by atoms with E-state index in [0.29, 0.717) is 0 Å². The molecule has 0 atom stereocenters. The summed E-state index contributed by atoms with van der Waals surface area (Å²) in [7, 11) is 2.15. The Bertz CT molecular complexity index is 509. The van der Waals surface area contributed by atoms with Crippen LogP contribution in [0.1, 0.15) is 19.4 Å². The molecule has 4 nitrogen and oxygen atoms in total. The molecule has 3 rings (SSSR count). The summed E-state index contributed by atoms with van der Waals surface area (Å²) in [6.07, 6.45) is 0. The molecule has 0 bridgehead atoms. The van der Waals surface area contributed by atoms with E-state index in [9.17, 15) is 0 Å². The number of nitrogens with zero attached hydrogens (tertiary/aromatic N) is 4. The Balaban J connectivity index is 1.68. The fraction of sp³-hybridized carbons (Fsp3) is 0.588. The van der Waals surface area contributed by atoms with Gasteiger partial charge in [-0.25, -0.2) is 0 Å². The summed E-state index contributed by atoms with van der Waals surface area (Å²) in [4.78, 5) is 12.0. The Morgan fingerprint density at radius 3 is 2.48 bits per heavy atom. The Kier molecular flexibility index (Phi) is 3.89. The summed E-state index contributed by atoms with van der Waals surface area (Å²) in [5, 5.41) is 0. The molecule has 1 aromatic rings. The van der Waals surface area contributed by atoms with Gasteiger partial charge in [0, 0.05) is 45.3 Å². The molecule has 0 spiro atoms. The van der Waals surface area contributed by atoms with Crippen LogP contribution >= 0.6 is 0 Å². The first-order chi connectivity index (χ1) is 10.1. The highest BCUT2D eigenvalue weighted by Gasteiger charge is 2.36. The fourth-order valence-electron chi connectivity index (χ4n) is 3.32. The summed E-state index contributed by atoms with van der Waals surface area (Å²) < 4.78 is 0. The van der Waals surface area contributed by atoms with Gasteiger partial charge in [-0.3, -0.25) is 9.89 Å². The molecule has 0 radical (unpaired) electrons. The molecular weight excluding hydrogens is 260 g/mol. The van der Waals surface area contributed by atoms with Crippen molar-refractivity contribution in [2.75, 3.05) is 39.8 Å². The highest BCUT2D eigenvalue weighted by Crippen LogP contribution is 2.24. The summed E-state index contributed by atoms with van der Waals surface area (Å²) in [6, 6.07) is 10.8. The van der Waals surface area contributed by atoms with Crippen LogP contribution in [0.25, 0.3) is 0 Å². The van der Waals surface area contributed by atoms with Gasteiger partial charge in [0.25, 0.3) is 0 Å². The van der Waals surface area contributed by atoms with Crippen LogP contribution in [-0.4, -0.2) is 66.0 Å². The van der Waals surface area contributed by atoms with Crippen molar-refractivity contribution in [2.45, 2.75) is 25.9 Å². The van der Waals surface area contributed by atoms with Crippen molar-refractivity contribution in [3.05, 3.63) is 35.9 Å². The van der Waals surface area contributed by atoms with Crippen molar-refractivity contribution >= 4 is 5.96 Å². The number of hydrogen-bond donors (Lipinski definition) is 0. The lowest BCUT2D eigenvalue weighted by atomic mass is 9.98. The van der Waals surface area contributed by atoms with Crippen molar-refractivity contribution in [2.24, 2.45) is 4.99 Å². The second-order valence-corrected chi connectivity index (χ2v) is 6.74. The van der Waals surface area contributed by atoms with Crippen LogP contribution < -0.4 is 0 Å². The van der Waals surface area contributed by atoms with Gasteiger partial charge in [0.15, 0.2) is 5.96 Å². The first kappa shape index (κ1) is 14.4. The highest BCUT2D eigenvalue weighted by molar-refractivity contribution is 5.81. The summed E-state index contributed by atoms with van der Waals surface area (Å²) >= 11 is 0. The minimum atomic E-state index is 0.167. The molecule has 2 aliphatic heterocycles. The molecule has 2 aliphatic rings. The van der Waals surface area contributed by atoms with Gasteiger partial charge < -0.3 is 9.80 Å². The molecule has 0 aromatic heterocycles. The average Bonchev–Trinajstić information content (AvgIpc) is 2.88. The molecule has 0 N–H and O–H groups in total. The SMILES string of the molecule is CN1CCN=C1N1CCN(Cc2ccccc2)C(C)(C)C1. The van der Waals surface area contributed by atoms with E-state index in [-0.39, 0.29) is 5.54 Å². The van der Waals surface area contributed by atoms with Gasteiger partial charge in [0.1, 0.15) is 0 Å². The molecule has 0 saturated carbocycles. The summed E-state index contributed by atoms with van der Waals surface area (Å²) in [6.45, 7) is 10.9. The maximum atomic E-state index is 4.66. The zero-order chi connectivity index (χ0) is 14.9. The molecular formula is C17H26N4. The normalized spacial score (nSPS) is 22.5.